The molecular weight excluding hydrogens is 430 g/mol. The fraction of sp³-hybridized carbons (Fsp3) is 0.304. The smallest absolute Gasteiger partial charge is 0.232 e. The summed E-state index contributed by atoms with van der Waals surface area (Å²) in [4.78, 5) is 17.0. The predicted molar refractivity (Wildman–Crippen MR) is 126 cm³/mol. The van der Waals surface area contributed by atoms with Crippen LogP contribution >= 0.6 is 11.3 Å². The van der Waals surface area contributed by atoms with Crippen molar-refractivity contribution in [1.82, 2.24) is 4.98 Å². The molecule has 2 aromatic carbocycles. The molecule has 0 atom stereocenters. The molecule has 1 aromatic heterocycles. The van der Waals surface area contributed by atoms with Gasteiger partial charge in [-0.15, -0.1) is 11.3 Å². The maximum Gasteiger partial charge on any atom is 0.232 e. The highest BCUT2D eigenvalue weighted by atomic mass is 32.2. The van der Waals surface area contributed by atoms with Crippen LogP contribution in [-0.2, 0) is 34.1 Å². The number of aromatic nitrogens is 1. The molecule has 6 nitrogen and oxygen atoms in total. The summed E-state index contributed by atoms with van der Waals surface area (Å²) >= 11 is 1.45. The van der Waals surface area contributed by atoms with E-state index in [-0.39, 0.29) is 12.3 Å². The number of hydrogen-bond acceptors (Lipinski definition) is 5. The Morgan fingerprint density at radius 1 is 1.19 bits per heavy atom. The summed E-state index contributed by atoms with van der Waals surface area (Å²) in [6.45, 7) is 2.61. The summed E-state index contributed by atoms with van der Waals surface area (Å²) in [5.74, 6) is -0.0978. The lowest BCUT2D eigenvalue weighted by atomic mass is 10.00. The fourth-order valence-electron chi connectivity index (χ4n) is 3.76. The quantitative estimate of drug-likeness (QED) is 0.602. The number of aryl methyl sites for hydroxylation is 2. The molecule has 162 valence electrons. The topological polar surface area (TPSA) is 79.4 Å². The minimum absolute atomic E-state index is 0.0978. The van der Waals surface area contributed by atoms with E-state index in [1.54, 1.807) is 0 Å². The highest BCUT2D eigenvalue weighted by molar-refractivity contribution is 7.92. The number of carbonyl (C=O) groups excluding carboxylic acids is 1. The number of rotatable bonds is 6. The molecule has 8 heteroatoms. The van der Waals surface area contributed by atoms with E-state index in [9.17, 15) is 13.2 Å². The third-order valence-electron chi connectivity index (χ3n) is 5.36. The largest absolute Gasteiger partial charge is 0.326 e. The van der Waals surface area contributed by atoms with Crippen LogP contribution in [0.1, 0.15) is 29.5 Å². The molecule has 0 spiro atoms. The van der Waals surface area contributed by atoms with Crippen LogP contribution in [0.25, 0.3) is 11.3 Å². The zero-order valence-corrected chi connectivity index (χ0v) is 19.2. The van der Waals surface area contributed by atoms with E-state index < -0.39 is 10.0 Å². The van der Waals surface area contributed by atoms with Gasteiger partial charge in [0, 0.05) is 23.2 Å². The number of fused-ring (bicyclic) bond motifs is 1. The van der Waals surface area contributed by atoms with Crippen LogP contribution in [0.3, 0.4) is 0 Å². The molecule has 1 aliphatic heterocycles. The number of hydrogen-bond donors (Lipinski definition) is 1. The number of anilines is 2. The van der Waals surface area contributed by atoms with Gasteiger partial charge in [0.1, 0.15) is 5.01 Å². The third kappa shape index (κ3) is 4.97. The maximum absolute atomic E-state index is 12.4. The van der Waals surface area contributed by atoms with Crippen LogP contribution in [-0.4, -0.2) is 32.1 Å². The lowest BCUT2D eigenvalue weighted by Crippen LogP contribution is -2.34. The Morgan fingerprint density at radius 3 is 2.68 bits per heavy atom. The molecule has 0 saturated heterocycles. The highest BCUT2D eigenvalue weighted by Gasteiger charge is 2.24. The molecule has 2 heterocycles. The first kappa shape index (κ1) is 21.5. The van der Waals surface area contributed by atoms with Gasteiger partial charge >= 0.3 is 0 Å². The number of benzene rings is 2. The second kappa shape index (κ2) is 8.80. The zero-order chi connectivity index (χ0) is 22.0. The Balaban J connectivity index is 1.46. The predicted octanol–water partition coefficient (Wildman–Crippen LogP) is 4.27. The highest BCUT2D eigenvalue weighted by Crippen LogP contribution is 2.33. The molecule has 0 radical (unpaired) electrons. The first-order valence-electron chi connectivity index (χ1n) is 10.3. The number of amides is 1. The van der Waals surface area contributed by atoms with E-state index in [2.05, 4.69) is 17.2 Å². The summed E-state index contributed by atoms with van der Waals surface area (Å²) in [6, 6.07) is 13.6. The summed E-state index contributed by atoms with van der Waals surface area (Å²) in [7, 11) is -3.28. The first-order chi connectivity index (χ1) is 14.8. The van der Waals surface area contributed by atoms with Crippen molar-refractivity contribution in [3.8, 4) is 11.3 Å². The molecule has 0 bridgehead atoms. The number of nitrogens with one attached hydrogen (secondary N) is 1. The van der Waals surface area contributed by atoms with Crippen LogP contribution in [0.5, 0.6) is 0 Å². The molecule has 31 heavy (non-hydrogen) atoms. The Hall–Kier alpha value is -2.71. The molecule has 3 aromatic rings. The van der Waals surface area contributed by atoms with Gasteiger partial charge in [-0.1, -0.05) is 25.1 Å². The number of nitrogens with zero attached hydrogens (tertiary/aromatic N) is 2. The molecular formula is C23H25N3O3S2. The second-order valence-corrected chi connectivity index (χ2v) is 10.5. The SMILES string of the molecule is CCc1ccc(NC(=O)Cc2nc(-c3ccc4c(c3)CCCN4S(C)(=O)=O)cs2)cc1. The van der Waals surface area contributed by atoms with Crippen molar-refractivity contribution in [2.75, 3.05) is 22.4 Å². The van der Waals surface area contributed by atoms with E-state index in [0.717, 1.165) is 52.5 Å². The number of thiazole rings is 1. The average Bonchev–Trinajstić information content (AvgIpc) is 3.21. The van der Waals surface area contributed by atoms with E-state index in [0.29, 0.717) is 6.54 Å². The van der Waals surface area contributed by atoms with Crippen LogP contribution in [0.4, 0.5) is 11.4 Å². The minimum atomic E-state index is -3.28. The van der Waals surface area contributed by atoms with Crippen LogP contribution in [0.2, 0.25) is 0 Å². The molecule has 0 aliphatic carbocycles. The molecule has 1 N–H and O–H groups in total. The lowest BCUT2D eigenvalue weighted by Gasteiger charge is -2.29. The fourth-order valence-corrected chi connectivity index (χ4v) is 5.56. The van der Waals surface area contributed by atoms with E-state index in [1.807, 2.05) is 47.8 Å². The van der Waals surface area contributed by atoms with Crippen LogP contribution in [0.15, 0.2) is 47.8 Å². The van der Waals surface area contributed by atoms with Gasteiger partial charge in [0.15, 0.2) is 0 Å². The summed E-state index contributed by atoms with van der Waals surface area (Å²) in [6.07, 6.45) is 4.06. The third-order valence-corrected chi connectivity index (χ3v) is 7.39. The maximum atomic E-state index is 12.4. The Kier molecular flexibility index (Phi) is 6.11. The molecule has 0 unspecified atom stereocenters. The van der Waals surface area contributed by atoms with Crippen molar-refractivity contribution in [1.29, 1.82) is 0 Å². The standard InChI is InChI=1S/C23H25N3O3S2/c1-3-16-6-9-19(10-7-16)24-22(27)14-23-25-20(15-30-23)17-8-11-21-18(13-17)5-4-12-26(21)31(2,28)29/h6-11,13,15H,3-5,12,14H2,1-2H3,(H,24,27). The molecule has 4 rings (SSSR count). The minimum Gasteiger partial charge on any atom is -0.326 e. The van der Waals surface area contributed by atoms with Gasteiger partial charge in [-0.25, -0.2) is 13.4 Å². The van der Waals surface area contributed by atoms with Gasteiger partial charge in [-0.3, -0.25) is 9.10 Å². The van der Waals surface area contributed by atoms with Gasteiger partial charge < -0.3 is 5.32 Å². The summed E-state index contributed by atoms with van der Waals surface area (Å²) in [5, 5.41) is 5.60. The molecule has 1 amide bonds. The Morgan fingerprint density at radius 2 is 1.97 bits per heavy atom. The van der Waals surface area contributed by atoms with Gasteiger partial charge in [0.05, 0.1) is 24.1 Å². The summed E-state index contributed by atoms with van der Waals surface area (Å²) in [5.41, 5.74) is 5.52. The second-order valence-electron chi connectivity index (χ2n) is 7.68. The average molecular weight is 456 g/mol. The van der Waals surface area contributed by atoms with Crippen molar-refractivity contribution in [2.45, 2.75) is 32.6 Å². The normalized spacial score (nSPS) is 13.7. The first-order valence-corrected chi connectivity index (χ1v) is 13.0. The zero-order valence-electron chi connectivity index (χ0n) is 17.6. The molecule has 1 aliphatic rings. The van der Waals surface area contributed by atoms with Gasteiger partial charge in [-0.2, -0.15) is 0 Å². The summed E-state index contributed by atoms with van der Waals surface area (Å²) < 4.78 is 25.6. The lowest BCUT2D eigenvalue weighted by molar-refractivity contribution is -0.115. The Bertz CT molecular complexity index is 1200. The van der Waals surface area contributed by atoms with Crippen LogP contribution < -0.4 is 9.62 Å². The van der Waals surface area contributed by atoms with E-state index in [1.165, 1.54) is 27.5 Å². The Labute approximate surface area is 187 Å². The number of carbonyl (C=O) groups is 1. The van der Waals surface area contributed by atoms with E-state index in [4.69, 9.17) is 0 Å². The molecule has 0 fully saturated rings. The van der Waals surface area contributed by atoms with Crippen molar-refractivity contribution in [3.05, 3.63) is 64.0 Å². The van der Waals surface area contributed by atoms with Gasteiger partial charge in [0.2, 0.25) is 15.9 Å². The van der Waals surface area contributed by atoms with E-state index >= 15 is 0 Å². The monoisotopic (exact) mass is 455 g/mol. The molecule has 0 saturated carbocycles. The van der Waals surface area contributed by atoms with Crippen molar-refractivity contribution in [2.24, 2.45) is 0 Å². The van der Waals surface area contributed by atoms with Crippen molar-refractivity contribution < 1.29 is 13.2 Å². The van der Waals surface area contributed by atoms with Crippen LogP contribution in [0, 0.1) is 0 Å². The van der Waals surface area contributed by atoms with Gasteiger partial charge in [0.25, 0.3) is 0 Å². The number of sulfonamides is 1. The van der Waals surface area contributed by atoms with Crippen molar-refractivity contribution in [3.63, 3.8) is 0 Å². The van der Waals surface area contributed by atoms with Crippen molar-refractivity contribution >= 4 is 38.6 Å². The van der Waals surface area contributed by atoms with Gasteiger partial charge in [-0.05, 0) is 54.7 Å².